The Morgan fingerprint density at radius 1 is 0.846 bits per heavy atom. The van der Waals surface area contributed by atoms with E-state index < -0.39 is 0 Å². The first-order valence-electron chi connectivity index (χ1n) is 8.14. The number of benzene rings is 3. The van der Waals surface area contributed by atoms with E-state index >= 15 is 0 Å². The van der Waals surface area contributed by atoms with Gasteiger partial charge in [-0.15, -0.1) is 0 Å². The second-order valence-corrected chi connectivity index (χ2v) is 6.51. The molecule has 0 radical (unpaired) electrons. The lowest BCUT2D eigenvalue weighted by Crippen LogP contribution is -2.20. The van der Waals surface area contributed by atoms with Gasteiger partial charge in [0.1, 0.15) is 18.1 Å². The van der Waals surface area contributed by atoms with Crippen LogP contribution >= 0.6 is 15.9 Å². The van der Waals surface area contributed by atoms with Crippen LogP contribution in [0.15, 0.2) is 83.3 Å². The summed E-state index contributed by atoms with van der Waals surface area (Å²) in [5.41, 5.74) is 1.83. The second-order valence-electron chi connectivity index (χ2n) is 5.59. The third-order valence-electron chi connectivity index (χ3n) is 3.55. The van der Waals surface area contributed by atoms with Crippen molar-refractivity contribution in [1.82, 2.24) is 0 Å². The lowest BCUT2D eigenvalue weighted by Gasteiger charge is -2.09. The molecule has 26 heavy (non-hydrogen) atoms. The maximum Gasteiger partial charge on any atom is 0.262 e. The summed E-state index contributed by atoms with van der Waals surface area (Å²) in [5, 5.41) is 2.78. The van der Waals surface area contributed by atoms with Crippen LogP contribution in [-0.2, 0) is 11.4 Å². The molecule has 0 aliphatic carbocycles. The van der Waals surface area contributed by atoms with Crippen molar-refractivity contribution in [2.75, 3.05) is 11.9 Å². The summed E-state index contributed by atoms with van der Waals surface area (Å²) < 4.78 is 12.1. The quantitative estimate of drug-likeness (QED) is 0.591. The number of anilines is 1. The molecule has 0 aliphatic heterocycles. The van der Waals surface area contributed by atoms with Gasteiger partial charge in [0.2, 0.25) is 0 Å². The molecular formula is C21H18BrNO3. The van der Waals surface area contributed by atoms with Crippen LogP contribution in [0.25, 0.3) is 0 Å². The number of nitrogens with one attached hydrogen (secondary N) is 1. The molecule has 0 spiro atoms. The van der Waals surface area contributed by atoms with E-state index in [-0.39, 0.29) is 12.5 Å². The van der Waals surface area contributed by atoms with Crippen molar-refractivity contribution < 1.29 is 14.3 Å². The summed E-state index contributed by atoms with van der Waals surface area (Å²) in [6, 6.07) is 24.6. The van der Waals surface area contributed by atoms with E-state index in [4.69, 9.17) is 9.47 Å². The molecular weight excluding hydrogens is 394 g/mol. The normalized spacial score (nSPS) is 10.2. The Hall–Kier alpha value is -2.79. The van der Waals surface area contributed by atoms with Gasteiger partial charge in [-0.25, -0.2) is 0 Å². The van der Waals surface area contributed by atoms with Gasteiger partial charge in [0.05, 0.1) is 0 Å². The molecule has 0 aromatic heterocycles. The molecule has 1 amide bonds. The number of amides is 1. The fourth-order valence-electron chi connectivity index (χ4n) is 2.29. The van der Waals surface area contributed by atoms with E-state index in [0.717, 1.165) is 21.5 Å². The van der Waals surface area contributed by atoms with E-state index in [9.17, 15) is 4.79 Å². The fourth-order valence-corrected chi connectivity index (χ4v) is 2.68. The van der Waals surface area contributed by atoms with Gasteiger partial charge in [-0.3, -0.25) is 4.79 Å². The maximum atomic E-state index is 11.9. The van der Waals surface area contributed by atoms with Crippen molar-refractivity contribution in [3.8, 4) is 11.5 Å². The minimum atomic E-state index is -0.215. The van der Waals surface area contributed by atoms with Crippen molar-refractivity contribution in [3.63, 3.8) is 0 Å². The Labute approximate surface area is 160 Å². The standard InChI is InChI=1S/C21H18BrNO3/c22-17-7-4-8-18(13-17)23-21(24)15-26-20-11-9-19(10-12-20)25-14-16-5-2-1-3-6-16/h1-13H,14-15H2,(H,23,24). The van der Waals surface area contributed by atoms with Gasteiger partial charge < -0.3 is 14.8 Å². The summed E-state index contributed by atoms with van der Waals surface area (Å²) in [4.78, 5) is 11.9. The molecule has 0 saturated heterocycles. The van der Waals surface area contributed by atoms with Crippen LogP contribution in [0.3, 0.4) is 0 Å². The molecule has 3 rings (SSSR count). The molecule has 3 aromatic rings. The molecule has 0 saturated carbocycles. The van der Waals surface area contributed by atoms with Crippen LogP contribution in [0.5, 0.6) is 11.5 Å². The molecule has 0 heterocycles. The third-order valence-corrected chi connectivity index (χ3v) is 4.04. The smallest absolute Gasteiger partial charge is 0.262 e. The van der Waals surface area contributed by atoms with Gasteiger partial charge >= 0.3 is 0 Å². The molecule has 0 fully saturated rings. The first kappa shape index (κ1) is 18.0. The van der Waals surface area contributed by atoms with Crippen molar-refractivity contribution in [3.05, 3.63) is 88.9 Å². The zero-order valence-corrected chi connectivity index (χ0v) is 15.6. The average Bonchev–Trinajstić information content (AvgIpc) is 2.66. The first-order valence-corrected chi connectivity index (χ1v) is 8.93. The van der Waals surface area contributed by atoms with Crippen LogP contribution in [0.4, 0.5) is 5.69 Å². The summed E-state index contributed by atoms with van der Waals surface area (Å²) in [5.74, 6) is 1.15. The van der Waals surface area contributed by atoms with Crippen molar-refractivity contribution >= 4 is 27.5 Å². The fraction of sp³-hybridized carbons (Fsp3) is 0.0952. The van der Waals surface area contributed by atoms with E-state index in [2.05, 4.69) is 21.2 Å². The highest BCUT2D eigenvalue weighted by atomic mass is 79.9. The Morgan fingerprint density at radius 3 is 2.23 bits per heavy atom. The lowest BCUT2D eigenvalue weighted by molar-refractivity contribution is -0.118. The largest absolute Gasteiger partial charge is 0.489 e. The number of ether oxygens (including phenoxy) is 2. The third kappa shape index (κ3) is 5.63. The van der Waals surface area contributed by atoms with Crippen molar-refractivity contribution in [1.29, 1.82) is 0 Å². The average molecular weight is 412 g/mol. The zero-order valence-electron chi connectivity index (χ0n) is 14.0. The predicted molar refractivity (Wildman–Crippen MR) is 105 cm³/mol. The maximum absolute atomic E-state index is 11.9. The molecule has 132 valence electrons. The van der Waals surface area contributed by atoms with Crippen LogP contribution in [-0.4, -0.2) is 12.5 Å². The Bertz CT molecular complexity index is 851. The van der Waals surface area contributed by atoms with Gasteiger partial charge in [0.15, 0.2) is 6.61 Å². The molecule has 4 nitrogen and oxygen atoms in total. The molecule has 1 N–H and O–H groups in total. The highest BCUT2D eigenvalue weighted by Crippen LogP contribution is 2.19. The Morgan fingerprint density at radius 2 is 1.54 bits per heavy atom. The topological polar surface area (TPSA) is 47.6 Å². The number of hydrogen-bond acceptors (Lipinski definition) is 3. The number of halogens is 1. The highest BCUT2D eigenvalue weighted by Gasteiger charge is 2.04. The summed E-state index contributed by atoms with van der Waals surface area (Å²) in [6.07, 6.45) is 0. The Balaban J connectivity index is 1.46. The van der Waals surface area contributed by atoms with Gasteiger partial charge in [0, 0.05) is 10.2 Å². The SMILES string of the molecule is O=C(COc1ccc(OCc2ccccc2)cc1)Nc1cccc(Br)c1. The van der Waals surface area contributed by atoms with Crippen LogP contribution in [0, 0.1) is 0 Å². The van der Waals surface area contributed by atoms with Gasteiger partial charge in [0.25, 0.3) is 5.91 Å². The van der Waals surface area contributed by atoms with Gasteiger partial charge in [-0.2, -0.15) is 0 Å². The van der Waals surface area contributed by atoms with Crippen LogP contribution in [0.2, 0.25) is 0 Å². The molecule has 3 aromatic carbocycles. The molecule has 0 atom stereocenters. The number of rotatable bonds is 7. The Kier molecular flexibility index (Phi) is 6.28. The number of carbonyl (C=O) groups is 1. The predicted octanol–water partition coefficient (Wildman–Crippen LogP) is 5.05. The van der Waals surface area contributed by atoms with Crippen LogP contribution < -0.4 is 14.8 Å². The molecule has 5 heteroatoms. The highest BCUT2D eigenvalue weighted by molar-refractivity contribution is 9.10. The molecule has 0 unspecified atom stereocenters. The monoisotopic (exact) mass is 411 g/mol. The minimum Gasteiger partial charge on any atom is -0.489 e. The van der Waals surface area contributed by atoms with Gasteiger partial charge in [-0.05, 0) is 48.0 Å². The van der Waals surface area contributed by atoms with Crippen molar-refractivity contribution in [2.45, 2.75) is 6.61 Å². The van der Waals surface area contributed by atoms with E-state index in [1.807, 2.05) is 66.7 Å². The van der Waals surface area contributed by atoms with Crippen LogP contribution in [0.1, 0.15) is 5.56 Å². The molecule has 0 aliphatic rings. The molecule has 0 bridgehead atoms. The number of carbonyl (C=O) groups excluding carboxylic acids is 1. The van der Waals surface area contributed by atoms with Gasteiger partial charge in [-0.1, -0.05) is 52.3 Å². The van der Waals surface area contributed by atoms with E-state index in [0.29, 0.717) is 12.4 Å². The zero-order chi connectivity index (χ0) is 18.2. The van der Waals surface area contributed by atoms with E-state index in [1.54, 1.807) is 12.1 Å². The van der Waals surface area contributed by atoms with E-state index in [1.165, 1.54) is 0 Å². The summed E-state index contributed by atoms with van der Waals surface area (Å²) >= 11 is 3.37. The number of hydrogen-bond donors (Lipinski definition) is 1. The minimum absolute atomic E-state index is 0.0588. The van der Waals surface area contributed by atoms with Crippen molar-refractivity contribution in [2.24, 2.45) is 0 Å². The second kappa shape index (κ2) is 9.06. The summed E-state index contributed by atoms with van der Waals surface area (Å²) in [7, 11) is 0. The lowest BCUT2D eigenvalue weighted by atomic mass is 10.2. The summed E-state index contributed by atoms with van der Waals surface area (Å²) in [6.45, 7) is 0.451. The first-order chi connectivity index (χ1) is 12.7.